The van der Waals surface area contributed by atoms with E-state index < -0.39 is 0 Å². The van der Waals surface area contributed by atoms with Gasteiger partial charge in [0, 0.05) is 30.2 Å². The Morgan fingerprint density at radius 3 is 2.82 bits per heavy atom. The maximum absolute atomic E-state index is 12.2. The zero-order chi connectivity index (χ0) is 15.5. The van der Waals surface area contributed by atoms with E-state index in [0.717, 1.165) is 12.1 Å². The van der Waals surface area contributed by atoms with Gasteiger partial charge in [0.1, 0.15) is 0 Å². The van der Waals surface area contributed by atoms with Crippen molar-refractivity contribution in [2.24, 2.45) is 5.92 Å². The van der Waals surface area contributed by atoms with Gasteiger partial charge in [-0.05, 0) is 24.1 Å². The van der Waals surface area contributed by atoms with Crippen LogP contribution in [-0.4, -0.2) is 23.3 Å². The number of aromatic nitrogens is 1. The quantitative estimate of drug-likeness (QED) is 0.943. The average Bonchev–Trinajstić information content (AvgIpc) is 3.17. The highest BCUT2D eigenvalue weighted by Crippen LogP contribution is 2.26. The van der Waals surface area contributed by atoms with Crippen LogP contribution in [0.3, 0.4) is 0 Å². The summed E-state index contributed by atoms with van der Waals surface area (Å²) in [5, 5.41) is 5.14. The summed E-state index contributed by atoms with van der Waals surface area (Å²) in [4.78, 5) is 30.1. The molecule has 2 amide bonds. The first kappa shape index (κ1) is 14.7. The SMILES string of the molecule is CCc1ccc(N2C[C@H](C(=O)Nc3nccs3)CC2=O)cc1. The number of hydrogen-bond acceptors (Lipinski definition) is 4. The number of carbonyl (C=O) groups is 2. The van der Waals surface area contributed by atoms with Gasteiger partial charge < -0.3 is 10.2 Å². The van der Waals surface area contributed by atoms with Crippen LogP contribution in [0.25, 0.3) is 0 Å². The van der Waals surface area contributed by atoms with E-state index in [1.54, 1.807) is 16.5 Å². The minimum atomic E-state index is -0.331. The fraction of sp³-hybridized carbons (Fsp3) is 0.312. The lowest BCUT2D eigenvalue weighted by atomic mass is 10.1. The van der Waals surface area contributed by atoms with E-state index in [4.69, 9.17) is 0 Å². The van der Waals surface area contributed by atoms with Crippen molar-refractivity contribution in [3.63, 3.8) is 0 Å². The Balaban J connectivity index is 1.68. The van der Waals surface area contributed by atoms with Crippen LogP contribution in [0.1, 0.15) is 18.9 Å². The summed E-state index contributed by atoms with van der Waals surface area (Å²) in [7, 11) is 0. The number of nitrogens with one attached hydrogen (secondary N) is 1. The van der Waals surface area contributed by atoms with Crippen molar-refractivity contribution in [2.45, 2.75) is 19.8 Å². The third-order valence-electron chi connectivity index (χ3n) is 3.81. The molecule has 2 heterocycles. The molecule has 1 aromatic carbocycles. The Morgan fingerprint density at radius 1 is 1.41 bits per heavy atom. The zero-order valence-corrected chi connectivity index (χ0v) is 13.1. The van der Waals surface area contributed by atoms with Crippen molar-refractivity contribution in [1.82, 2.24) is 4.98 Å². The van der Waals surface area contributed by atoms with Crippen LogP contribution in [-0.2, 0) is 16.0 Å². The Hall–Kier alpha value is -2.21. The van der Waals surface area contributed by atoms with Gasteiger partial charge in [-0.15, -0.1) is 11.3 Å². The van der Waals surface area contributed by atoms with Crippen molar-refractivity contribution >= 4 is 34.0 Å². The van der Waals surface area contributed by atoms with Crippen LogP contribution in [0, 0.1) is 5.92 Å². The Labute approximate surface area is 133 Å². The molecule has 1 aromatic heterocycles. The van der Waals surface area contributed by atoms with Gasteiger partial charge in [0.2, 0.25) is 11.8 Å². The Bertz CT molecular complexity index is 667. The van der Waals surface area contributed by atoms with Crippen LogP contribution in [0.4, 0.5) is 10.8 Å². The van der Waals surface area contributed by atoms with Crippen LogP contribution >= 0.6 is 11.3 Å². The summed E-state index contributed by atoms with van der Waals surface area (Å²) >= 11 is 1.37. The molecular weight excluding hydrogens is 298 g/mol. The van der Waals surface area contributed by atoms with Crippen molar-refractivity contribution in [3.8, 4) is 0 Å². The van der Waals surface area contributed by atoms with Gasteiger partial charge in [-0.25, -0.2) is 4.98 Å². The molecule has 2 aromatic rings. The van der Waals surface area contributed by atoms with Crippen LogP contribution in [0.2, 0.25) is 0 Å². The number of nitrogens with zero attached hydrogens (tertiary/aromatic N) is 2. The van der Waals surface area contributed by atoms with E-state index in [1.165, 1.54) is 16.9 Å². The smallest absolute Gasteiger partial charge is 0.231 e. The number of benzene rings is 1. The summed E-state index contributed by atoms with van der Waals surface area (Å²) < 4.78 is 0. The molecule has 5 nitrogen and oxygen atoms in total. The highest BCUT2D eigenvalue weighted by molar-refractivity contribution is 7.13. The minimum absolute atomic E-state index is 0.0106. The molecule has 1 aliphatic rings. The Morgan fingerprint density at radius 2 is 2.18 bits per heavy atom. The molecule has 1 fully saturated rings. The number of rotatable bonds is 4. The first-order valence-corrected chi connectivity index (χ1v) is 8.15. The third-order valence-corrected chi connectivity index (χ3v) is 4.50. The molecule has 0 radical (unpaired) electrons. The first-order valence-electron chi connectivity index (χ1n) is 7.27. The van der Waals surface area contributed by atoms with Gasteiger partial charge in [-0.1, -0.05) is 19.1 Å². The highest BCUT2D eigenvalue weighted by atomic mass is 32.1. The highest BCUT2D eigenvalue weighted by Gasteiger charge is 2.35. The van der Waals surface area contributed by atoms with Gasteiger partial charge >= 0.3 is 0 Å². The zero-order valence-electron chi connectivity index (χ0n) is 12.3. The molecule has 1 aliphatic heterocycles. The van der Waals surface area contributed by atoms with Crippen LogP contribution < -0.4 is 10.2 Å². The van der Waals surface area contributed by atoms with Crippen molar-refractivity contribution < 1.29 is 9.59 Å². The maximum Gasteiger partial charge on any atom is 0.231 e. The fourth-order valence-electron chi connectivity index (χ4n) is 2.54. The fourth-order valence-corrected chi connectivity index (χ4v) is 3.07. The minimum Gasteiger partial charge on any atom is -0.312 e. The maximum atomic E-state index is 12.2. The van der Waals surface area contributed by atoms with Gasteiger partial charge in [0.15, 0.2) is 5.13 Å². The molecule has 0 saturated carbocycles. The van der Waals surface area contributed by atoms with E-state index in [0.29, 0.717) is 11.7 Å². The third kappa shape index (κ3) is 3.01. The summed E-state index contributed by atoms with van der Waals surface area (Å²) in [5.41, 5.74) is 2.08. The lowest BCUT2D eigenvalue weighted by Crippen LogP contribution is -2.28. The van der Waals surface area contributed by atoms with Gasteiger partial charge in [0.25, 0.3) is 0 Å². The molecule has 1 N–H and O–H groups in total. The number of amides is 2. The van der Waals surface area contributed by atoms with Crippen molar-refractivity contribution in [3.05, 3.63) is 41.4 Å². The first-order chi connectivity index (χ1) is 10.7. The van der Waals surface area contributed by atoms with Gasteiger partial charge in [0.05, 0.1) is 5.92 Å². The largest absolute Gasteiger partial charge is 0.312 e. The molecule has 1 saturated heterocycles. The standard InChI is InChI=1S/C16H17N3O2S/c1-2-11-3-5-13(6-4-11)19-10-12(9-14(19)20)15(21)18-16-17-7-8-22-16/h3-8,12H,2,9-10H2,1H3,(H,17,18,21)/t12-/m1/s1. The summed E-state index contributed by atoms with van der Waals surface area (Å²) in [5.74, 6) is -0.484. The molecule has 0 bridgehead atoms. The molecule has 0 aliphatic carbocycles. The van der Waals surface area contributed by atoms with E-state index >= 15 is 0 Å². The number of thiazole rings is 1. The predicted octanol–water partition coefficient (Wildman–Crippen LogP) is 2.70. The van der Waals surface area contributed by atoms with Crippen LogP contribution in [0.5, 0.6) is 0 Å². The van der Waals surface area contributed by atoms with Gasteiger partial charge in [-0.3, -0.25) is 9.59 Å². The number of carbonyl (C=O) groups excluding carboxylic acids is 2. The second-order valence-corrected chi connectivity index (χ2v) is 6.15. The van der Waals surface area contributed by atoms with Crippen molar-refractivity contribution in [2.75, 3.05) is 16.8 Å². The second-order valence-electron chi connectivity index (χ2n) is 5.25. The van der Waals surface area contributed by atoms with E-state index in [9.17, 15) is 9.59 Å². The molecule has 3 rings (SSSR count). The monoisotopic (exact) mass is 315 g/mol. The molecule has 6 heteroatoms. The molecule has 114 valence electrons. The molecular formula is C16H17N3O2S. The van der Waals surface area contributed by atoms with E-state index in [1.807, 2.05) is 24.3 Å². The lowest BCUT2D eigenvalue weighted by molar-refractivity contribution is -0.122. The molecule has 22 heavy (non-hydrogen) atoms. The van der Waals surface area contributed by atoms with E-state index in [-0.39, 0.29) is 24.2 Å². The number of anilines is 2. The Kier molecular flexibility index (Phi) is 4.20. The normalized spacial score (nSPS) is 17.8. The lowest BCUT2D eigenvalue weighted by Gasteiger charge is -2.17. The summed E-state index contributed by atoms with van der Waals surface area (Å²) in [6.45, 7) is 2.51. The molecule has 0 spiro atoms. The summed E-state index contributed by atoms with van der Waals surface area (Å²) in [6, 6.07) is 7.92. The molecule has 0 unspecified atom stereocenters. The second kappa shape index (κ2) is 6.27. The number of aryl methyl sites for hydroxylation is 1. The van der Waals surface area contributed by atoms with Crippen molar-refractivity contribution in [1.29, 1.82) is 0 Å². The molecule has 1 atom stereocenters. The summed E-state index contributed by atoms with van der Waals surface area (Å²) in [6.07, 6.45) is 2.85. The van der Waals surface area contributed by atoms with Gasteiger partial charge in [-0.2, -0.15) is 0 Å². The predicted molar refractivity (Wildman–Crippen MR) is 87.0 cm³/mol. The van der Waals surface area contributed by atoms with E-state index in [2.05, 4.69) is 17.2 Å². The van der Waals surface area contributed by atoms with Crippen LogP contribution in [0.15, 0.2) is 35.8 Å². The topological polar surface area (TPSA) is 62.3 Å². The average molecular weight is 315 g/mol. The number of hydrogen-bond donors (Lipinski definition) is 1.